The van der Waals surface area contributed by atoms with Gasteiger partial charge in [0, 0.05) is 43.6 Å². The summed E-state index contributed by atoms with van der Waals surface area (Å²) in [4.78, 5) is 21.3. The fourth-order valence-corrected chi connectivity index (χ4v) is 2.65. The number of aromatic nitrogens is 1. The molecule has 0 atom stereocenters. The van der Waals surface area contributed by atoms with E-state index in [4.69, 9.17) is 0 Å². The number of para-hydroxylation sites is 1. The van der Waals surface area contributed by atoms with Crippen LogP contribution in [0.2, 0.25) is 0 Å². The Balaban J connectivity index is 0.000000454. The van der Waals surface area contributed by atoms with Gasteiger partial charge in [0.2, 0.25) is 0 Å². The molecule has 0 saturated heterocycles. The molecule has 7 heteroatoms. The molecule has 0 bridgehead atoms. The highest BCUT2D eigenvalue weighted by Gasteiger charge is 2.07. The van der Waals surface area contributed by atoms with Gasteiger partial charge in [-0.15, -0.1) is 0 Å². The summed E-state index contributed by atoms with van der Waals surface area (Å²) in [6, 6.07) is 17.9. The number of rotatable bonds is 2. The number of anilines is 1. The Hall–Kier alpha value is -3.48. The number of nitrogens with zero attached hydrogens (tertiary/aromatic N) is 1. The summed E-state index contributed by atoms with van der Waals surface area (Å²) in [6.07, 6.45) is 0. The Morgan fingerprint density at radius 2 is 1.34 bits per heavy atom. The minimum Gasteiger partial charge on any atom is -0.341 e. The highest BCUT2D eigenvalue weighted by atomic mass is 16.2. The number of carbonyl (C=O) groups is 2. The van der Waals surface area contributed by atoms with Crippen LogP contribution in [0.25, 0.3) is 16.6 Å². The molecule has 3 aromatic rings. The number of fused-ring (bicyclic) bond motifs is 1. The first-order chi connectivity index (χ1) is 14.0. The van der Waals surface area contributed by atoms with E-state index in [1.54, 1.807) is 21.1 Å². The van der Waals surface area contributed by atoms with Crippen molar-refractivity contribution in [2.75, 3.05) is 26.5 Å². The minimum atomic E-state index is -0.217. The topological polar surface area (TPSA) is 87.2 Å². The monoisotopic (exact) mass is 397 g/mol. The second-order valence-electron chi connectivity index (χ2n) is 5.76. The van der Waals surface area contributed by atoms with Crippen LogP contribution in [0.5, 0.6) is 0 Å². The Morgan fingerprint density at radius 1 is 0.793 bits per heavy atom. The SMILES string of the molecule is CC.CNC(=O)NC.CNC(=O)Nc1ccc(-n2c(C)cc3ccccc32)cc1. The zero-order valence-electron chi connectivity index (χ0n) is 18.0. The molecule has 4 N–H and O–H groups in total. The number of hydrogen-bond donors (Lipinski definition) is 4. The molecule has 0 aliphatic heterocycles. The van der Waals surface area contributed by atoms with E-state index in [1.807, 2.05) is 50.2 Å². The standard InChI is InChI=1S/C17H17N3O.C3H8N2O.C2H6/c1-12-11-13-5-3-4-6-16(13)20(12)15-9-7-14(8-10-15)19-17(21)18-2;1-4-3(6)5-2;1-2/h3-11H,1-2H3,(H2,18,19,21);1-2H3,(H2,4,5,6);1-2H3. The maximum absolute atomic E-state index is 11.3. The fraction of sp³-hybridized carbons (Fsp3) is 0.273. The van der Waals surface area contributed by atoms with Gasteiger partial charge in [-0.3, -0.25) is 0 Å². The van der Waals surface area contributed by atoms with Gasteiger partial charge in [-0.1, -0.05) is 32.0 Å². The molecule has 1 heterocycles. The first-order valence-electron chi connectivity index (χ1n) is 9.56. The highest BCUT2D eigenvalue weighted by Crippen LogP contribution is 2.24. The average molecular weight is 398 g/mol. The molecule has 0 unspecified atom stereocenters. The summed E-state index contributed by atoms with van der Waals surface area (Å²) >= 11 is 0. The normalized spacial score (nSPS) is 9.31. The van der Waals surface area contributed by atoms with Crippen LogP contribution in [0.3, 0.4) is 0 Å². The maximum atomic E-state index is 11.3. The van der Waals surface area contributed by atoms with Crippen LogP contribution < -0.4 is 21.3 Å². The molecule has 29 heavy (non-hydrogen) atoms. The number of carbonyl (C=O) groups excluding carboxylic acids is 2. The van der Waals surface area contributed by atoms with Crippen molar-refractivity contribution in [1.82, 2.24) is 20.5 Å². The van der Waals surface area contributed by atoms with Gasteiger partial charge in [-0.05, 0) is 43.3 Å². The lowest BCUT2D eigenvalue weighted by Gasteiger charge is -2.10. The van der Waals surface area contributed by atoms with Crippen LogP contribution in [-0.4, -0.2) is 37.8 Å². The van der Waals surface area contributed by atoms with Gasteiger partial charge in [-0.25, -0.2) is 9.59 Å². The third kappa shape index (κ3) is 6.57. The molecule has 0 spiro atoms. The maximum Gasteiger partial charge on any atom is 0.318 e. The van der Waals surface area contributed by atoms with Crippen LogP contribution in [0, 0.1) is 6.92 Å². The van der Waals surface area contributed by atoms with Gasteiger partial charge in [0.25, 0.3) is 0 Å². The van der Waals surface area contributed by atoms with Gasteiger partial charge >= 0.3 is 12.1 Å². The first kappa shape index (κ1) is 23.6. The van der Waals surface area contributed by atoms with Crippen molar-refractivity contribution in [3.63, 3.8) is 0 Å². The van der Waals surface area contributed by atoms with E-state index in [0.29, 0.717) is 0 Å². The molecule has 0 aliphatic rings. The van der Waals surface area contributed by atoms with Gasteiger partial charge in [0.05, 0.1) is 5.52 Å². The molecule has 0 aliphatic carbocycles. The molecular weight excluding hydrogens is 366 g/mol. The molecule has 156 valence electrons. The molecule has 0 fully saturated rings. The van der Waals surface area contributed by atoms with E-state index in [1.165, 1.54) is 16.6 Å². The van der Waals surface area contributed by atoms with Gasteiger partial charge in [0.15, 0.2) is 0 Å². The number of urea groups is 2. The summed E-state index contributed by atoms with van der Waals surface area (Å²) in [5, 5.41) is 11.2. The summed E-state index contributed by atoms with van der Waals surface area (Å²) in [5.41, 5.74) is 4.22. The molecular formula is C22H31N5O2. The third-order valence-electron chi connectivity index (χ3n) is 3.96. The minimum absolute atomic E-state index is 0.157. The number of hydrogen-bond acceptors (Lipinski definition) is 2. The number of benzene rings is 2. The second-order valence-corrected chi connectivity index (χ2v) is 5.76. The predicted octanol–water partition coefficient (Wildman–Crippen LogP) is 4.26. The van der Waals surface area contributed by atoms with E-state index in [9.17, 15) is 9.59 Å². The van der Waals surface area contributed by atoms with Crippen molar-refractivity contribution in [3.05, 3.63) is 60.3 Å². The number of aryl methyl sites for hydroxylation is 1. The summed E-state index contributed by atoms with van der Waals surface area (Å²) < 4.78 is 2.21. The van der Waals surface area contributed by atoms with Crippen LogP contribution in [-0.2, 0) is 0 Å². The zero-order chi connectivity index (χ0) is 21.8. The molecule has 4 amide bonds. The molecule has 7 nitrogen and oxygen atoms in total. The van der Waals surface area contributed by atoms with E-state index < -0.39 is 0 Å². The van der Waals surface area contributed by atoms with Crippen molar-refractivity contribution >= 4 is 28.7 Å². The van der Waals surface area contributed by atoms with Crippen LogP contribution >= 0.6 is 0 Å². The molecule has 3 rings (SSSR count). The van der Waals surface area contributed by atoms with Crippen molar-refractivity contribution < 1.29 is 9.59 Å². The number of amides is 4. The van der Waals surface area contributed by atoms with E-state index in [0.717, 1.165) is 11.4 Å². The Morgan fingerprint density at radius 3 is 1.86 bits per heavy atom. The van der Waals surface area contributed by atoms with Crippen LogP contribution in [0.4, 0.5) is 15.3 Å². The van der Waals surface area contributed by atoms with Crippen molar-refractivity contribution in [3.8, 4) is 5.69 Å². The summed E-state index contributed by atoms with van der Waals surface area (Å²) in [5.74, 6) is 0. The Bertz CT molecular complexity index is 911. The number of nitrogens with one attached hydrogen (secondary N) is 4. The third-order valence-corrected chi connectivity index (χ3v) is 3.96. The quantitative estimate of drug-likeness (QED) is 0.521. The largest absolute Gasteiger partial charge is 0.341 e. The smallest absolute Gasteiger partial charge is 0.318 e. The van der Waals surface area contributed by atoms with Crippen molar-refractivity contribution in [2.45, 2.75) is 20.8 Å². The van der Waals surface area contributed by atoms with Crippen LogP contribution in [0.15, 0.2) is 54.6 Å². The van der Waals surface area contributed by atoms with E-state index in [2.05, 4.69) is 51.0 Å². The molecule has 2 aromatic carbocycles. The fourth-order valence-electron chi connectivity index (χ4n) is 2.65. The van der Waals surface area contributed by atoms with Crippen molar-refractivity contribution in [1.29, 1.82) is 0 Å². The van der Waals surface area contributed by atoms with Crippen molar-refractivity contribution in [2.24, 2.45) is 0 Å². The predicted molar refractivity (Wildman–Crippen MR) is 121 cm³/mol. The van der Waals surface area contributed by atoms with Crippen LogP contribution in [0.1, 0.15) is 19.5 Å². The Kier molecular flexibility index (Phi) is 9.81. The molecule has 0 saturated carbocycles. The lowest BCUT2D eigenvalue weighted by molar-refractivity contribution is 0.245. The summed E-state index contributed by atoms with van der Waals surface area (Å²) in [7, 11) is 4.73. The Labute approximate surface area is 172 Å². The lowest BCUT2D eigenvalue weighted by Crippen LogP contribution is -2.28. The molecule has 1 aromatic heterocycles. The molecule has 0 radical (unpaired) electrons. The summed E-state index contributed by atoms with van der Waals surface area (Å²) in [6.45, 7) is 6.09. The van der Waals surface area contributed by atoms with E-state index >= 15 is 0 Å². The van der Waals surface area contributed by atoms with Gasteiger partial charge < -0.3 is 25.8 Å². The highest BCUT2D eigenvalue weighted by molar-refractivity contribution is 5.89. The second kappa shape index (κ2) is 12.1. The average Bonchev–Trinajstić information content (AvgIpc) is 3.11. The van der Waals surface area contributed by atoms with Gasteiger partial charge in [-0.2, -0.15) is 0 Å². The lowest BCUT2D eigenvalue weighted by atomic mass is 10.2. The first-order valence-corrected chi connectivity index (χ1v) is 9.56. The van der Waals surface area contributed by atoms with E-state index in [-0.39, 0.29) is 12.1 Å². The van der Waals surface area contributed by atoms with Gasteiger partial charge in [0.1, 0.15) is 0 Å². The zero-order valence-corrected chi connectivity index (χ0v) is 18.0.